The van der Waals surface area contributed by atoms with Crippen molar-refractivity contribution in [1.29, 1.82) is 0 Å². The van der Waals surface area contributed by atoms with E-state index in [1.807, 2.05) is 0 Å². The van der Waals surface area contributed by atoms with Gasteiger partial charge in [0.05, 0.1) is 10.0 Å². The number of Topliss-reactive ketones (excluding diaryl/α,β-unsaturated/α-hetero) is 1. The molecule has 1 aromatic carbocycles. The fraction of sp³-hybridized carbons (Fsp3) is 0.250. The highest BCUT2D eigenvalue weighted by Gasteiger charge is 2.21. The van der Waals surface area contributed by atoms with Gasteiger partial charge < -0.3 is 4.57 Å². The van der Waals surface area contributed by atoms with Crippen molar-refractivity contribution in [2.75, 3.05) is 0 Å². The van der Waals surface area contributed by atoms with Gasteiger partial charge in [-0.25, -0.2) is 0 Å². The van der Waals surface area contributed by atoms with Gasteiger partial charge in [-0.15, -0.1) is 0 Å². The fourth-order valence-electron chi connectivity index (χ4n) is 2.79. The van der Waals surface area contributed by atoms with Crippen molar-refractivity contribution in [1.82, 2.24) is 4.57 Å². The number of hydrogen-bond donors (Lipinski definition) is 0. The fourth-order valence-corrected chi connectivity index (χ4v) is 3.09. The Morgan fingerprint density at radius 3 is 2.62 bits per heavy atom. The Hall–Kier alpha value is -1.58. The lowest BCUT2D eigenvalue weighted by Gasteiger charge is -2.11. The molecule has 1 aliphatic rings. The molecule has 21 heavy (non-hydrogen) atoms. The monoisotopic (exact) mass is 321 g/mol. The highest BCUT2D eigenvalue weighted by atomic mass is 35.5. The number of nitrogens with zero attached hydrogens (tertiary/aromatic N) is 1. The minimum atomic E-state index is -0.0779. The first kappa shape index (κ1) is 14.4. The molecule has 0 N–H and O–H groups in total. The number of carbonyl (C=O) groups is 1. The molecule has 0 saturated heterocycles. The molecule has 0 spiro atoms. The van der Waals surface area contributed by atoms with Crippen molar-refractivity contribution in [3.8, 4) is 11.1 Å². The zero-order valence-corrected chi connectivity index (χ0v) is 13.0. The molecule has 1 aromatic heterocycles. The summed E-state index contributed by atoms with van der Waals surface area (Å²) in [5, 5.41) is 0.830. The van der Waals surface area contributed by atoms with Crippen LogP contribution in [0.2, 0.25) is 10.0 Å². The third kappa shape index (κ3) is 2.41. The number of carbonyl (C=O) groups excluding carboxylic acids is 1. The van der Waals surface area contributed by atoms with E-state index in [1.165, 1.54) is 6.92 Å². The molecule has 0 radical (unpaired) electrons. The largest absolute Gasteiger partial charge is 0.311 e. The zero-order chi connectivity index (χ0) is 15.1. The van der Waals surface area contributed by atoms with E-state index in [1.54, 1.807) is 28.8 Å². The van der Waals surface area contributed by atoms with Crippen LogP contribution in [0.3, 0.4) is 0 Å². The second-order valence-electron chi connectivity index (χ2n) is 5.16. The first-order valence-electron chi connectivity index (χ1n) is 6.72. The number of ketones is 1. The standard InChI is InChI=1S/C16H13Cl2NO2/c1-9(20)11-8-12(10-4-5-13(17)14(18)7-10)16(21)19-6-2-3-15(11)19/h4-5,7-8H,2-3,6H2,1H3. The van der Waals surface area contributed by atoms with Gasteiger partial charge in [-0.05, 0) is 43.5 Å². The number of pyridine rings is 1. The second kappa shape index (κ2) is 5.32. The predicted molar refractivity (Wildman–Crippen MR) is 84.5 cm³/mol. The van der Waals surface area contributed by atoms with Crippen molar-refractivity contribution in [2.45, 2.75) is 26.3 Å². The van der Waals surface area contributed by atoms with Crippen molar-refractivity contribution >= 4 is 29.0 Å². The van der Waals surface area contributed by atoms with E-state index in [0.29, 0.717) is 33.3 Å². The van der Waals surface area contributed by atoms with Crippen LogP contribution in [0, 0.1) is 0 Å². The van der Waals surface area contributed by atoms with Crippen LogP contribution in [0.15, 0.2) is 29.1 Å². The molecule has 0 bridgehead atoms. The molecule has 0 aliphatic carbocycles. The third-order valence-corrected chi connectivity index (χ3v) is 4.55. The minimum Gasteiger partial charge on any atom is -0.311 e. The Morgan fingerprint density at radius 2 is 1.95 bits per heavy atom. The number of aromatic nitrogens is 1. The average molecular weight is 322 g/mol. The average Bonchev–Trinajstić information content (AvgIpc) is 2.92. The summed E-state index contributed by atoms with van der Waals surface area (Å²) in [4.78, 5) is 24.5. The van der Waals surface area contributed by atoms with Crippen LogP contribution in [-0.2, 0) is 13.0 Å². The molecule has 0 unspecified atom stereocenters. The number of fused-ring (bicyclic) bond motifs is 1. The molecule has 0 amide bonds. The Morgan fingerprint density at radius 1 is 1.19 bits per heavy atom. The summed E-state index contributed by atoms with van der Waals surface area (Å²) in [5.74, 6) is -0.0260. The molecule has 2 heterocycles. The highest BCUT2D eigenvalue weighted by molar-refractivity contribution is 6.42. The van der Waals surface area contributed by atoms with Gasteiger partial charge in [-0.2, -0.15) is 0 Å². The van der Waals surface area contributed by atoms with Crippen LogP contribution in [0.1, 0.15) is 29.4 Å². The number of hydrogen-bond acceptors (Lipinski definition) is 2. The van der Waals surface area contributed by atoms with Gasteiger partial charge in [0, 0.05) is 23.4 Å². The van der Waals surface area contributed by atoms with Gasteiger partial charge in [-0.1, -0.05) is 29.3 Å². The third-order valence-electron chi connectivity index (χ3n) is 3.81. The van der Waals surface area contributed by atoms with Crippen LogP contribution in [-0.4, -0.2) is 10.4 Å². The van der Waals surface area contributed by atoms with Crippen molar-refractivity contribution in [3.63, 3.8) is 0 Å². The molecule has 2 aromatic rings. The van der Waals surface area contributed by atoms with Gasteiger partial charge in [0.2, 0.25) is 0 Å². The molecule has 0 fully saturated rings. The van der Waals surface area contributed by atoms with Crippen molar-refractivity contribution in [2.24, 2.45) is 0 Å². The zero-order valence-electron chi connectivity index (χ0n) is 11.5. The summed E-state index contributed by atoms with van der Waals surface area (Å²) in [5.41, 5.74) is 2.55. The summed E-state index contributed by atoms with van der Waals surface area (Å²) in [6.07, 6.45) is 1.66. The molecule has 5 heteroatoms. The normalized spacial score (nSPS) is 13.3. The lowest BCUT2D eigenvalue weighted by Crippen LogP contribution is -2.23. The quantitative estimate of drug-likeness (QED) is 0.785. The topological polar surface area (TPSA) is 39.1 Å². The molecule has 0 atom stereocenters. The number of benzene rings is 1. The minimum absolute atomic E-state index is 0.0260. The molecule has 1 aliphatic heterocycles. The van der Waals surface area contributed by atoms with Crippen LogP contribution < -0.4 is 5.56 Å². The summed E-state index contributed by atoms with van der Waals surface area (Å²) < 4.78 is 1.70. The number of halogens is 2. The predicted octanol–water partition coefficient (Wildman–Crippen LogP) is 3.97. The summed E-state index contributed by atoms with van der Waals surface area (Å²) >= 11 is 11.9. The Bertz CT molecular complexity index is 809. The first-order valence-corrected chi connectivity index (χ1v) is 7.47. The van der Waals surface area contributed by atoms with E-state index in [0.717, 1.165) is 18.5 Å². The van der Waals surface area contributed by atoms with Crippen LogP contribution >= 0.6 is 23.2 Å². The first-order chi connectivity index (χ1) is 9.99. The summed E-state index contributed by atoms with van der Waals surface area (Å²) in [7, 11) is 0. The van der Waals surface area contributed by atoms with E-state index in [4.69, 9.17) is 23.2 Å². The van der Waals surface area contributed by atoms with E-state index in [-0.39, 0.29) is 11.3 Å². The van der Waals surface area contributed by atoms with Gasteiger partial charge in [0.15, 0.2) is 5.78 Å². The second-order valence-corrected chi connectivity index (χ2v) is 5.98. The maximum absolute atomic E-state index is 12.6. The molecule has 3 nitrogen and oxygen atoms in total. The van der Waals surface area contributed by atoms with Crippen molar-refractivity contribution < 1.29 is 4.79 Å². The molecule has 3 rings (SSSR count). The van der Waals surface area contributed by atoms with E-state index < -0.39 is 0 Å². The van der Waals surface area contributed by atoms with Gasteiger partial charge in [-0.3, -0.25) is 9.59 Å². The van der Waals surface area contributed by atoms with Crippen molar-refractivity contribution in [3.05, 3.63) is 55.9 Å². The summed E-state index contributed by atoms with van der Waals surface area (Å²) in [6, 6.07) is 6.74. The van der Waals surface area contributed by atoms with Crippen LogP contribution in [0.5, 0.6) is 0 Å². The molecular weight excluding hydrogens is 309 g/mol. The lowest BCUT2D eigenvalue weighted by atomic mass is 10.0. The van der Waals surface area contributed by atoms with Gasteiger partial charge in [0.1, 0.15) is 0 Å². The van der Waals surface area contributed by atoms with E-state index >= 15 is 0 Å². The number of rotatable bonds is 2. The highest BCUT2D eigenvalue weighted by Crippen LogP contribution is 2.29. The van der Waals surface area contributed by atoms with Gasteiger partial charge >= 0.3 is 0 Å². The Balaban J connectivity index is 2.28. The van der Waals surface area contributed by atoms with Crippen LogP contribution in [0.25, 0.3) is 11.1 Å². The smallest absolute Gasteiger partial charge is 0.258 e. The van der Waals surface area contributed by atoms with Crippen LogP contribution in [0.4, 0.5) is 0 Å². The van der Waals surface area contributed by atoms with E-state index in [2.05, 4.69) is 0 Å². The summed E-state index contributed by atoms with van der Waals surface area (Å²) in [6.45, 7) is 2.18. The Kier molecular flexibility index (Phi) is 3.64. The maximum atomic E-state index is 12.6. The maximum Gasteiger partial charge on any atom is 0.258 e. The molecular formula is C16H13Cl2NO2. The van der Waals surface area contributed by atoms with E-state index in [9.17, 15) is 9.59 Å². The lowest BCUT2D eigenvalue weighted by molar-refractivity contribution is 0.101. The molecule has 0 saturated carbocycles. The molecule has 108 valence electrons. The Labute approximate surface area is 132 Å². The SMILES string of the molecule is CC(=O)c1cc(-c2ccc(Cl)c(Cl)c2)c(=O)n2c1CCC2. The van der Waals surface area contributed by atoms with Gasteiger partial charge in [0.25, 0.3) is 5.56 Å².